The Morgan fingerprint density at radius 1 is 1.04 bits per heavy atom. The number of rotatable bonds is 4. The Morgan fingerprint density at radius 3 is 2.58 bits per heavy atom. The minimum Gasteiger partial charge on any atom is -0.346 e. The lowest BCUT2D eigenvalue weighted by Gasteiger charge is -2.10. The highest BCUT2D eigenvalue weighted by molar-refractivity contribution is 5.94. The van der Waals surface area contributed by atoms with Crippen molar-refractivity contribution in [3.8, 4) is 11.3 Å². The third-order valence-corrected chi connectivity index (χ3v) is 3.58. The molecule has 3 aromatic rings. The van der Waals surface area contributed by atoms with Gasteiger partial charge in [-0.15, -0.1) is 0 Å². The fraction of sp³-hybridized carbons (Fsp3) is 0.111. The van der Waals surface area contributed by atoms with E-state index < -0.39 is 17.6 Å². The minimum atomic E-state index is -4.51. The Morgan fingerprint density at radius 2 is 1.85 bits per heavy atom. The normalized spacial score (nSPS) is 11.2. The lowest BCUT2D eigenvalue weighted by Crippen LogP contribution is -2.24. The summed E-state index contributed by atoms with van der Waals surface area (Å²) in [7, 11) is 0. The standard InChI is InChI=1S/C18H13F3N4O/c19-18(20,21)14-5-1-3-12(9-14)17(26)25-11-15-16(24-8-7-23-15)13-4-2-6-22-10-13/h1-10H,11H2,(H,25,26). The van der Waals surface area contributed by atoms with E-state index in [0.29, 0.717) is 11.4 Å². The van der Waals surface area contributed by atoms with E-state index in [-0.39, 0.29) is 12.1 Å². The molecule has 8 heteroatoms. The minimum absolute atomic E-state index is 0.0210. The first-order valence-electron chi connectivity index (χ1n) is 7.61. The van der Waals surface area contributed by atoms with Crippen LogP contribution in [-0.2, 0) is 12.7 Å². The largest absolute Gasteiger partial charge is 0.416 e. The van der Waals surface area contributed by atoms with Gasteiger partial charge in [0.15, 0.2) is 0 Å². The number of carbonyl (C=O) groups is 1. The molecule has 0 unspecified atom stereocenters. The molecule has 26 heavy (non-hydrogen) atoms. The Hall–Kier alpha value is -3.29. The smallest absolute Gasteiger partial charge is 0.346 e. The van der Waals surface area contributed by atoms with Gasteiger partial charge in [0.1, 0.15) is 0 Å². The Balaban J connectivity index is 1.77. The highest BCUT2D eigenvalue weighted by Crippen LogP contribution is 2.29. The predicted molar refractivity (Wildman–Crippen MR) is 87.9 cm³/mol. The van der Waals surface area contributed by atoms with Crippen LogP contribution in [0.2, 0.25) is 0 Å². The number of alkyl halides is 3. The number of hydrogen-bond acceptors (Lipinski definition) is 4. The third kappa shape index (κ3) is 4.02. The monoisotopic (exact) mass is 358 g/mol. The van der Waals surface area contributed by atoms with Crippen LogP contribution >= 0.6 is 0 Å². The molecule has 0 saturated heterocycles. The molecule has 0 aliphatic rings. The summed E-state index contributed by atoms with van der Waals surface area (Å²) in [5.41, 5.74) is 0.807. The molecule has 0 spiro atoms. The molecule has 1 aromatic carbocycles. The Labute approximate surface area is 147 Å². The van der Waals surface area contributed by atoms with E-state index >= 15 is 0 Å². The van der Waals surface area contributed by atoms with Crippen molar-refractivity contribution in [3.05, 3.63) is 78.0 Å². The van der Waals surface area contributed by atoms with E-state index in [1.807, 2.05) is 0 Å². The summed E-state index contributed by atoms with van der Waals surface area (Å²) in [4.78, 5) is 24.7. The van der Waals surface area contributed by atoms with Gasteiger partial charge in [-0.25, -0.2) is 0 Å². The number of hydrogen-bond donors (Lipinski definition) is 1. The second kappa shape index (κ2) is 7.30. The number of nitrogens with zero attached hydrogens (tertiary/aromatic N) is 3. The topological polar surface area (TPSA) is 67.8 Å². The van der Waals surface area contributed by atoms with Crippen LogP contribution in [0.15, 0.2) is 61.2 Å². The van der Waals surface area contributed by atoms with Crippen molar-refractivity contribution in [3.63, 3.8) is 0 Å². The van der Waals surface area contributed by atoms with Crippen molar-refractivity contribution < 1.29 is 18.0 Å². The first-order chi connectivity index (χ1) is 12.4. The summed E-state index contributed by atoms with van der Waals surface area (Å²) < 4.78 is 38.3. The molecule has 1 amide bonds. The summed E-state index contributed by atoms with van der Waals surface area (Å²) in [6.45, 7) is 0.0210. The molecule has 0 saturated carbocycles. The number of aromatic nitrogens is 3. The number of benzene rings is 1. The van der Waals surface area contributed by atoms with Gasteiger partial charge >= 0.3 is 6.18 Å². The van der Waals surface area contributed by atoms with Gasteiger partial charge in [-0.3, -0.25) is 19.7 Å². The molecule has 132 valence electrons. The van der Waals surface area contributed by atoms with Crippen LogP contribution in [0.4, 0.5) is 13.2 Å². The molecule has 1 N–H and O–H groups in total. The molecule has 3 rings (SSSR count). The van der Waals surface area contributed by atoms with Gasteiger partial charge in [0.05, 0.1) is 23.5 Å². The van der Waals surface area contributed by atoms with Gasteiger partial charge < -0.3 is 5.32 Å². The lowest BCUT2D eigenvalue weighted by molar-refractivity contribution is -0.137. The van der Waals surface area contributed by atoms with Crippen molar-refractivity contribution >= 4 is 5.91 Å². The molecular formula is C18H13F3N4O. The molecule has 0 aliphatic carbocycles. The van der Waals surface area contributed by atoms with Crippen molar-refractivity contribution in [1.82, 2.24) is 20.3 Å². The zero-order chi connectivity index (χ0) is 18.6. The van der Waals surface area contributed by atoms with E-state index in [9.17, 15) is 18.0 Å². The number of halogens is 3. The van der Waals surface area contributed by atoms with Gasteiger partial charge in [-0.05, 0) is 30.3 Å². The average Bonchev–Trinajstić information content (AvgIpc) is 2.66. The van der Waals surface area contributed by atoms with Crippen LogP contribution in [-0.4, -0.2) is 20.9 Å². The number of amides is 1. The van der Waals surface area contributed by atoms with Crippen molar-refractivity contribution in [2.45, 2.75) is 12.7 Å². The molecule has 0 radical (unpaired) electrons. The maximum atomic E-state index is 12.8. The second-order valence-corrected chi connectivity index (χ2v) is 5.35. The van der Waals surface area contributed by atoms with Crippen LogP contribution in [0.25, 0.3) is 11.3 Å². The fourth-order valence-electron chi connectivity index (χ4n) is 2.34. The zero-order valence-corrected chi connectivity index (χ0v) is 13.4. The third-order valence-electron chi connectivity index (χ3n) is 3.58. The lowest BCUT2D eigenvalue weighted by atomic mass is 10.1. The maximum absolute atomic E-state index is 12.8. The number of nitrogens with one attached hydrogen (secondary N) is 1. The zero-order valence-electron chi connectivity index (χ0n) is 13.4. The molecule has 0 aliphatic heterocycles. The highest BCUT2D eigenvalue weighted by Gasteiger charge is 2.30. The van der Waals surface area contributed by atoms with E-state index in [4.69, 9.17) is 0 Å². The molecule has 2 heterocycles. The highest BCUT2D eigenvalue weighted by atomic mass is 19.4. The Kier molecular flexibility index (Phi) is 4.92. The molecule has 0 bridgehead atoms. The molecule has 0 atom stereocenters. The molecule has 5 nitrogen and oxygen atoms in total. The fourth-order valence-corrected chi connectivity index (χ4v) is 2.34. The summed E-state index contributed by atoms with van der Waals surface area (Å²) >= 11 is 0. The average molecular weight is 358 g/mol. The first-order valence-corrected chi connectivity index (χ1v) is 7.61. The Bertz CT molecular complexity index is 914. The van der Waals surface area contributed by atoms with Gasteiger partial charge in [0.25, 0.3) is 5.91 Å². The van der Waals surface area contributed by atoms with Crippen LogP contribution in [0, 0.1) is 0 Å². The van der Waals surface area contributed by atoms with Gasteiger partial charge in [0.2, 0.25) is 0 Å². The van der Waals surface area contributed by atoms with Crippen molar-refractivity contribution in [1.29, 1.82) is 0 Å². The van der Waals surface area contributed by atoms with Crippen molar-refractivity contribution in [2.75, 3.05) is 0 Å². The van der Waals surface area contributed by atoms with Gasteiger partial charge in [-0.1, -0.05) is 6.07 Å². The van der Waals surface area contributed by atoms with Crippen LogP contribution < -0.4 is 5.32 Å². The summed E-state index contributed by atoms with van der Waals surface area (Å²) in [5.74, 6) is -0.626. The van der Waals surface area contributed by atoms with Gasteiger partial charge in [-0.2, -0.15) is 13.2 Å². The van der Waals surface area contributed by atoms with Crippen LogP contribution in [0.3, 0.4) is 0 Å². The van der Waals surface area contributed by atoms with Gasteiger partial charge in [0, 0.05) is 35.9 Å². The predicted octanol–water partition coefficient (Wildman–Crippen LogP) is 3.49. The van der Waals surface area contributed by atoms with E-state index in [1.165, 1.54) is 24.5 Å². The summed E-state index contributed by atoms with van der Waals surface area (Å²) in [6, 6.07) is 7.79. The van der Waals surface area contributed by atoms with Crippen molar-refractivity contribution in [2.24, 2.45) is 0 Å². The maximum Gasteiger partial charge on any atom is 0.416 e. The first kappa shape index (κ1) is 17.5. The number of carbonyl (C=O) groups excluding carboxylic acids is 1. The summed E-state index contributed by atoms with van der Waals surface area (Å²) in [6.07, 6.45) is 1.72. The quantitative estimate of drug-likeness (QED) is 0.775. The van der Waals surface area contributed by atoms with E-state index in [1.54, 1.807) is 24.5 Å². The molecule has 2 aromatic heterocycles. The second-order valence-electron chi connectivity index (χ2n) is 5.35. The summed E-state index contributed by atoms with van der Waals surface area (Å²) in [5, 5.41) is 2.57. The number of pyridine rings is 1. The molecule has 0 fully saturated rings. The SMILES string of the molecule is O=C(NCc1nccnc1-c1cccnc1)c1cccc(C(F)(F)F)c1. The van der Waals surface area contributed by atoms with E-state index in [2.05, 4.69) is 20.3 Å². The van der Waals surface area contributed by atoms with E-state index in [0.717, 1.165) is 17.7 Å². The molecular weight excluding hydrogens is 345 g/mol. The van der Waals surface area contributed by atoms with Crippen LogP contribution in [0.5, 0.6) is 0 Å². The van der Waals surface area contributed by atoms with Crippen LogP contribution in [0.1, 0.15) is 21.6 Å².